The Morgan fingerprint density at radius 3 is 2.79 bits per heavy atom. The Hall–Kier alpha value is -4.26. The number of nitro groups is 1. The van der Waals surface area contributed by atoms with E-state index < -0.39 is 5.91 Å². The van der Waals surface area contributed by atoms with Gasteiger partial charge in [0.2, 0.25) is 0 Å². The summed E-state index contributed by atoms with van der Waals surface area (Å²) in [6.07, 6.45) is 4.78. The second-order valence-corrected chi connectivity index (χ2v) is 11.2. The van der Waals surface area contributed by atoms with Crippen LogP contribution in [0.4, 0.5) is 5.69 Å². The maximum Gasteiger partial charge on any atom is 0.278 e. The Balaban J connectivity index is 1.14. The molecule has 0 bridgehead atoms. The first-order valence-corrected chi connectivity index (χ1v) is 14.1. The summed E-state index contributed by atoms with van der Waals surface area (Å²) in [7, 11) is 0. The lowest BCUT2D eigenvalue weighted by Crippen LogP contribution is -2.38. The van der Waals surface area contributed by atoms with Gasteiger partial charge in [0.1, 0.15) is 10.7 Å². The number of nitro benzene ring substituents is 1. The van der Waals surface area contributed by atoms with E-state index in [2.05, 4.69) is 20.6 Å². The molecule has 12 nitrogen and oxygen atoms in total. The average Bonchev–Trinajstić information content (AvgIpc) is 3.77. The molecule has 0 saturated carbocycles. The van der Waals surface area contributed by atoms with Gasteiger partial charge in [-0.05, 0) is 36.6 Å². The molecule has 0 spiro atoms. The molecule has 0 unspecified atom stereocenters. The third kappa shape index (κ3) is 4.34. The molecule has 7 rings (SSSR count). The van der Waals surface area contributed by atoms with Crippen LogP contribution in [0.25, 0.3) is 22.6 Å². The first kappa shape index (κ1) is 26.6. The Labute approximate surface area is 252 Å². The van der Waals surface area contributed by atoms with E-state index in [1.54, 1.807) is 40.0 Å². The van der Waals surface area contributed by atoms with Gasteiger partial charge in [-0.25, -0.2) is 4.68 Å². The monoisotopic (exact) mass is 624 g/mol. The zero-order valence-electron chi connectivity index (χ0n) is 21.6. The summed E-state index contributed by atoms with van der Waals surface area (Å²) < 4.78 is 8.99. The lowest BCUT2D eigenvalue weighted by molar-refractivity contribution is -0.385. The molecule has 212 valence electrons. The zero-order valence-corrected chi connectivity index (χ0v) is 23.8. The van der Waals surface area contributed by atoms with Gasteiger partial charge in [0, 0.05) is 34.3 Å². The normalized spacial score (nSPS) is 16.0. The van der Waals surface area contributed by atoms with Crippen LogP contribution in [-0.2, 0) is 19.5 Å². The van der Waals surface area contributed by atoms with Crippen molar-refractivity contribution in [3.63, 3.8) is 0 Å². The molecule has 2 aliphatic rings. The van der Waals surface area contributed by atoms with Crippen molar-refractivity contribution < 1.29 is 14.2 Å². The van der Waals surface area contributed by atoms with Crippen molar-refractivity contribution in [3.8, 4) is 22.6 Å². The van der Waals surface area contributed by atoms with E-state index >= 15 is 0 Å². The number of nitrogens with zero attached hydrogens (tertiary/aromatic N) is 8. The lowest BCUT2D eigenvalue weighted by Gasteiger charge is -2.27. The van der Waals surface area contributed by atoms with Gasteiger partial charge in [0.15, 0.2) is 11.5 Å². The van der Waals surface area contributed by atoms with Crippen molar-refractivity contribution in [1.29, 1.82) is 0 Å². The van der Waals surface area contributed by atoms with Crippen LogP contribution >= 0.6 is 34.8 Å². The molecule has 5 aromatic rings. The van der Waals surface area contributed by atoms with Crippen LogP contribution in [0.1, 0.15) is 39.8 Å². The summed E-state index contributed by atoms with van der Waals surface area (Å²) in [5.41, 5.74) is 4.28. The number of rotatable bonds is 5. The molecule has 1 aliphatic heterocycles. The molecule has 2 aromatic carbocycles. The van der Waals surface area contributed by atoms with Crippen molar-refractivity contribution in [2.45, 2.75) is 32.0 Å². The predicted octanol–water partition coefficient (Wildman–Crippen LogP) is 5.86. The SMILES string of the molecule is O=C(c1noc(-c2ccc(Cl)cc2Cl)c1Cl)N1CCn2ncc(-c3cn([C@@H]4CCc5c4cccc5[N+](=O)[O-])nn3)c2C1. The fraction of sp³-hybridized carbons (Fsp3) is 0.222. The quantitative estimate of drug-likeness (QED) is 0.175. The molecule has 15 heteroatoms. The highest BCUT2D eigenvalue weighted by Crippen LogP contribution is 2.40. The molecule has 4 heterocycles. The molecular formula is C27H19Cl3N8O4. The Kier molecular flexibility index (Phi) is 6.48. The minimum atomic E-state index is -0.397. The number of fused-ring (bicyclic) bond motifs is 2. The first-order valence-electron chi connectivity index (χ1n) is 12.9. The Morgan fingerprint density at radius 1 is 1.12 bits per heavy atom. The molecule has 0 saturated heterocycles. The molecule has 0 fully saturated rings. The summed E-state index contributed by atoms with van der Waals surface area (Å²) >= 11 is 18.8. The maximum absolute atomic E-state index is 13.5. The molecule has 1 amide bonds. The van der Waals surface area contributed by atoms with Crippen LogP contribution in [0.3, 0.4) is 0 Å². The standard InChI is InChI=1S/C27H19Cl3N8O4/c28-14-4-5-17(19(29)10-14)26-24(30)25(33-42-26)27(39)35-8-9-36-23(13-35)18(11-31-36)20-12-37(34-32-20)21-7-6-16-15(21)2-1-3-22(16)38(40)41/h1-5,10-12,21H,6-9,13H2/t21-/m1/s1. The summed E-state index contributed by atoms with van der Waals surface area (Å²) in [6.45, 7) is 1.08. The van der Waals surface area contributed by atoms with Crippen LogP contribution < -0.4 is 0 Å². The number of hydrogen-bond acceptors (Lipinski definition) is 8. The second kappa shape index (κ2) is 10.2. The van der Waals surface area contributed by atoms with Crippen molar-refractivity contribution in [2.75, 3.05) is 6.54 Å². The number of hydrogen-bond donors (Lipinski definition) is 0. The number of benzene rings is 2. The predicted molar refractivity (Wildman–Crippen MR) is 153 cm³/mol. The van der Waals surface area contributed by atoms with E-state index in [9.17, 15) is 14.9 Å². The van der Waals surface area contributed by atoms with Crippen molar-refractivity contribution in [1.82, 2.24) is 34.8 Å². The highest BCUT2D eigenvalue weighted by atomic mass is 35.5. The number of halogens is 3. The summed E-state index contributed by atoms with van der Waals surface area (Å²) in [4.78, 5) is 26.3. The third-order valence-electron chi connectivity index (χ3n) is 7.69. The van der Waals surface area contributed by atoms with Gasteiger partial charge in [-0.1, -0.05) is 57.3 Å². The van der Waals surface area contributed by atoms with Crippen LogP contribution in [0.15, 0.2) is 53.3 Å². The molecule has 1 aliphatic carbocycles. The van der Waals surface area contributed by atoms with Gasteiger partial charge < -0.3 is 9.42 Å². The van der Waals surface area contributed by atoms with E-state index in [4.69, 9.17) is 39.3 Å². The van der Waals surface area contributed by atoms with Crippen molar-refractivity contribution in [3.05, 3.63) is 96.5 Å². The van der Waals surface area contributed by atoms with Crippen molar-refractivity contribution >= 4 is 46.4 Å². The van der Waals surface area contributed by atoms with Crippen LogP contribution in [-0.4, -0.2) is 52.2 Å². The number of amides is 1. The number of carbonyl (C=O) groups excluding carboxylic acids is 1. The third-order valence-corrected chi connectivity index (χ3v) is 8.59. The molecule has 42 heavy (non-hydrogen) atoms. The highest BCUT2D eigenvalue weighted by Gasteiger charge is 2.33. The molecule has 1 atom stereocenters. The van der Waals surface area contributed by atoms with Gasteiger partial charge in [-0.15, -0.1) is 5.10 Å². The highest BCUT2D eigenvalue weighted by molar-refractivity contribution is 6.38. The first-order chi connectivity index (χ1) is 20.3. The summed E-state index contributed by atoms with van der Waals surface area (Å²) in [5, 5.41) is 29.5. The smallest absolute Gasteiger partial charge is 0.278 e. The lowest BCUT2D eigenvalue weighted by atomic mass is 10.1. The minimum Gasteiger partial charge on any atom is -0.354 e. The fourth-order valence-corrected chi connectivity index (χ4v) is 6.39. The van der Waals surface area contributed by atoms with E-state index in [1.807, 2.05) is 16.9 Å². The number of carbonyl (C=O) groups is 1. The minimum absolute atomic E-state index is 0.0212. The van der Waals surface area contributed by atoms with E-state index in [0.29, 0.717) is 47.2 Å². The second-order valence-electron chi connectivity index (χ2n) is 9.99. The average molecular weight is 626 g/mol. The van der Waals surface area contributed by atoms with E-state index in [-0.39, 0.29) is 39.7 Å². The molecule has 0 N–H and O–H groups in total. The summed E-state index contributed by atoms with van der Waals surface area (Å²) in [5.74, 6) is -0.217. The zero-order chi connectivity index (χ0) is 29.1. The maximum atomic E-state index is 13.5. The van der Waals surface area contributed by atoms with E-state index in [1.165, 1.54) is 6.07 Å². The van der Waals surface area contributed by atoms with Gasteiger partial charge in [-0.2, -0.15) is 5.10 Å². The topological polar surface area (TPSA) is 138 Å². The van der Waals surface area contributed by atoms with Crippen LogP contribution in [0.5, 0.6) is 0 Å². The Bertz CT molecular complexity index is 1900. The van der Waals surface area contributed by atoms with Crippen LogP contribution in [0.2, 0.25) is 15.1 Å². The molecular weight excluding hydrogens is 607 g/mol. The van der Waals surface area contributed by atoms with Crippen LogP contribution in [0, 0.1) is 10.1 Å². The molecule has 0 radical (unpaired) electrons. The molecule has 3 aromatic heterocycles. The Morgan fingerprint density at radius 2 is 1.98 bits per heavy atom. The number of aromatic nitrogens is 6. The van der Waals surface area contributed by atoms with E-state index in [0.717, 1.165) is 22.4 Å². The summed E-state index contributed by atoms with van der Waals surface area (Å²) in [6, 6.07) is 9.80. The van der Waals surface area contributed by atoms with Gasteiger partial charge in [-0.3, -0.25) is 19.6 Å². The van der Waals surface area contributed by atoms with Crippen molar-refractivity contribution in [2.24, 2.45) is 0 Å². The fourth-order valence-electron chi connectivity index (χ4n) is 5.65. The van der Waals surface area contributed by atoms with Gasteiger partial charge in [0.25, 0.3) is 11.6 Å². The van der Waals surface area contributed by atoms with Gasteiger partial charge >= 0.3 is 0 Å². The largest absolute Gasteiger partial charge is 0.354 e. The van der Waals surface area contributed by atoms with Gasteiger partial charge in [0.05, 0.1) is 47.2 Å².